The molecule has 0 radical (unpaired) electrons. The summed E-state index contributed by atoms with van der Waals surface area (Å²) in [4.78, 5) is 12.2. The highest BCUT2D eigenvalue weighted by Crippen LogP contribution is 2.36. The molecule has 0 fully saturated rings. The Hall–Kier alpha value is -3.20. The van der Waals surface area contributed by atoms with Gasteiger partial charge in [-0.15, -0.1) is 0 Å². The molecule has 3 aromatic carbocycles. The number of rotatable bonds is 8. The topological polar surface area (TPSA) is 99.9 Å². The van der Waals surface area contributed by atoms with E-state index in [1.54, 1.807) is 24.1 Å². The third kappa shape index (κ3) is 4.53. The van der Waals surface area contributed by atoms with Gasteiger partial charge in [-0.05, 0) is 29.6 Å². The van der Waals surface area contributed by atoms with Crippen LogP contribution in [-0.2, 0) is 6.42 Å². The zero-order chi connectivity index (χ0) is 22.7. The summed E-state index contributed by atoms with van der Waals surface area (Å²) in [6.45, 7) is 0.739. The second kappa shape index (κ2) is 9.52. The Kier molecular flexibility index (Phi) is 6.55. The normalized spacial score (nSPS) is 11.0. The van der Waals surface area contributed by atoms with Gasteiger partial charge >= 0.3 is 7.12 Å². The zero-order valence-electron chi connectivity index (χ0n) is 17.6. The fourth-order valence-electron chi connectivity index (χ4n) is 3.69. The SMILES string of the molecule is CSN(CCc1ccc(B(O)O)cc1)c1ccc2c(C(N)=O)c(-c3ccccc3)oc2c1. The molecule has 0 aliphatic carbocycles. The van der Waals surface area contributed by atoms with E-state index in [0.29, 0.717) is 27.8 Å². The Morgan fingerprint density at radius 3 is 2.41 bits per heavy atom. The summed E-state index contributed by atoms with van der Waals surface area (Å²) >= 11 is 1.59. The van der Waals surface area contributed by atoms with Crippen LogP contribution in [0.2, 0.25) is 0 Å². The highest BCUT2D eigenvalue weighted by atomic mass is 32.2. The van der Waals surface area contributed by atoms with E-state index in [1.807, 2.05) is 66.9 Å². The van der Waals surface area contributed by atoms with Crippen molar-refractivity contribution in [3.8, 4) is 11.3 Å². The minimum absolute atomic E-state index is 0.389. The van der Waals surface area contributed by atoms with Gasteiger partial charge in [0, 0.05) is 29.8 Å². The van der Waals surface area contributed by atoms with Crippen LogP contribution < -0.4 is 15.5 Å². The first-order valence-corrected chi connectivity index (χ1v) is 11.3. The third-order valence-electron chi connectivity index (χ3n) is 5.35. The lowest BCUT2D eigenvalue weighted by Gasteiger charge is -2.21. The van der Waals surface area contributed by atoms with Gasteiger partial charge in [0.15, 0.2) is 0 Å². The van der Waals surface area contributed by atoms with E-state index in [1.165, 1.54) is 0 Å². The molecule has 0 bridgehead atoms. The van der Waals surface area contributed by atoms with E-state index >= 15 is 0 Å². The number of hydrogen-bond donors (Lipinski definition) is 3. The number of furan rings is 1. The largest absolute Gasteiger partial charge is 0.488 e. The van der Waals surface area contributed by atoms with Crippen LogP contribution in [0.25, 0.3) is 22.3 Å². The minimum Gasteiger partial charge on any atom is -0.455 e. The summed E-state index contributed by atoms with van der Waals surface area (Å²) in [6, 6.07) is 22.5. The summed E-state index contributed by atoms with van der Waals surface area (Å²) in [5.74, 6) is -0.0411. The predicted octanol–water partition coefficient (Wildman–Crippen LogP) is 3.21. The van der Waals surface area contributed by atoms with Crippen LogP contribution in [-0.4, -0.2) is 35.9 Å². The van der Waals surface area contributed by atoms with Crippen molar-refractivity contribution in [2.75, 3.05) is 17.1 Å². The number of anilines is 1. The van der Waals surface area contributed by atoms with Crippen molar-refractivity contribution >= 4 is 47.1 Å². The van der Waals surface area contributed by atoms with Crippen molar-refractivity contribution in [3.05, 3.63) is 83.9 Å². The van der Waals surface area contributed by atoms with Crippen LogP contribution in [0, 0.1) is 0 Å². The van der Waals surface area contributed by atoms with Gasteiger partial charge in [0.1, 0.15) is 11.3 Å². The van der Waals surface area contributed by atoms with Gasteiger partial charge < -0.3 is 24.5 Å². The molecule has 0 spiro atoms. The molecule has 32 heavy (non-hydrogen) atoms. The molecular formula is C24H23BN2O4S. The van der Waals surface area contributed by atoms with Crippen LogP contribution in [0.5, 0.6) is 0 Å². The molecule has 4 aromatic rings. The van der Waals surface area contributed by atoms with Gasteiger partial charge in [-0.1, -0.05) is 66.5 Å². The molecular weight excluding hydrogens is 423 g/mol. The average Bonchev–Trinajstić information content (AvgIpc) is 3.19. The average molecular weight is 446 g/mol. The van der Waals surface area contributed by atoms with Crippen molar-refractivity contribution in [1.29, 1.82) is 0 Å². The van der Waals surface area contributed by atoms with Crippen molar-refractivity contribution in [2.24, 2.45) is 5.73 Å². The number of primary amides is 1. The molecule has 1 aromatic heterocycles. The first-order valence-electron chi connectivity index (χ1n) is 10.2. The Morgan fingerprint density at radius 2 is 1.78 bits per heavy atom. The maximum atomic E-state index is 12.2. The predicted molar refractivity (Wildman–Crippen MR) is 131 cm³/mol. The summed E-state index contributed by atoms with van der Waals surface area (Å²) < 4.78 is 8.24. The molecule has 1 heterocycles. The standard InChI is InChI=1S/C24H23BN2O4S/c1-32-27(14-13-16-7-9-18(10-8-16)25(29)30)19-11-12-20-21(15-19)31-23(22(20)24(26)28)17-5-3-2-4-6-17/h2-12,15,29-30H,13-14H2,1H3,(H2,26,28). The molecule has 0 unspecified atom stereocenters. The van der Waals surface area contributed by atoms with E-state index in [4.69, 9.17) is 10.2 Å². The lowest BCUT2D eigenvalue weighted by molar-refractivity contribution is 0.100. The van der Waals surface area contributed by atoms with Crippen molar-refractivity contribution in [1.82, 2.24) is 0 Å². The molecule has 6 nitrogen and oxygen atoms in total. The van der Waals surface area contributed by atoms with Crippen molar-refractivity contribution in [3.63, 3.8) is 0 Å². The molecule has 0 atom stereocenters. The number of fused-ring (bicyclic) bond motifs is 1. The second-order valence-corrected chi connectivity index (χ2v) is 8.17. The molecule has 162 valence electrons. The van der Waals surface area contributed by atoms with Gasteiger partial charge in [-0.25, -0.2) is 0 Å². The van der Waals surface area contributed by atoms with Crippen molar-refractivity contribution in [2.45, 2.75) is 6.42 Å². The Balaban J connectivity index is 1.61. The highest BCUT2D eigenvalue weighted by molar-refractivity contribution is 7.99. The van der Waals surface area contributed by atoms with Gasteiger partial charge in [0.25, 0.3) is 5.91 Å². The van der Waals surface area contributed by atoms with Gasteiger partial charge in [-0.2, -0.15) is 0 Å². The smallest absolute Gasteiger partial charge is 0.455 e. The third-order valence-corrected chi connectivity index (χ3v) is 6.18. The number of carbonyl (C=O) groups excluding carboxylic acids is 1. The molecule has 0 aliphatic rings. The van der Waals surface area contributed by atoms with Crippen LogP contribution in [0.4, 0.5) is 5.69 Å². The summed E-state index contributed by atoms with van der Waals surface area (Å²) in [5.41, 5.74) is 10.00. The Morgan fingerprint density at radius 1 is 1.06 bits per heavy atom. The van der Waals surface area contributed by atoms with E-state index in [-0.39, 0.29) is 0 Å². The fraction of sp³-hybridized carbons (Fsp3) is 0.125. The van der Waals surface area contributed by atoms with Crippen molar-refractivity contribution < 1.29 is 19.3 Å². The summed E-state index contributed by atoms with van der Waals surface area (Å²) in [5, 5.41) is 19.2. The number of nitrogens with zero attached hydrogens (tertiary/aromatic N) is 1. The lowest BCUT2D eigenvalue weighted by atomic mass is 9.80. The number of carbonyl (C=O) groups is 1. The van der Waals surface area contributed by atoms with E-state index < -0.39 is 13.0 Å². The maximum absolute atomic E-state index is 12.2. The van der Waals surface area contributed by atoms with Gasteiger partial charge in [0.05, 0.1) is 11.3 Å². The number of amides is 1. The van der Waals surface area contributed by atoms with E-state index in [2.05, 4.69) is 4.31 Å². The molecule has 0 saturated carbocycles. The molecule has 4 N–H and O–H groups in total. The Labute approximate surface area is 190 Å². The number of nitrogens with two attached hydrogens (primary N) is 1. The zero-order valence-corrected chi connectivity index (χ0v) is 18.4. The van der Waals surface area contributed by atoms with Crippen LogP contribution in [0.1, 0.15) is 15.9 Å². The highest BCUT2D eigenvalue weighted by Gasteiger charge is 2.21. The van der Waals surface area contributed by atoms with Crippen LogP contribution in [0.3, 0.4) is 0 Å². The fourth-order valence-corrected chi connectivity index (χ4v) is 4.29. The molecule has 0 aliphatic heterocycles. The number of benzene rings is 3. The summed E-state index contributed by atoms with van der Waals surface area (Å²) in [7, 11) is -1.46. The quantitative estimate of drug-likeness (QED) is 0.284. The number of hydrogen-bond acceptors (Lipinski definition) is 6. The van der Waals surface area contributed by atoms with Crippen LogP contribution >= 0.6 is 11.9 Å². The monoisotopic (exact) mass is 446 g/mol. The summed E-state index contributed by atoms with van der Waals surface area (Å²) in [6.07, 6.45) is 2.78. The van der Waals surface area contributed by atoms with Crippen LogP contribution in [0.15, 0.2) is 77.2 Å². The maximum Gasteiger partial charge on any atom is 0.488 e. The van der Waals surface area contributed by atoms with E-state index in [9.17, 15) is 14.8 Å². The van der Waals surface area contributed by atoms with Gasteiger partial charge in [-0.3, -0.25) is 4.79 Å². The second-order valence-electron chi connectivity index (χ2n) is 7.37. The first kappa shape index (κ1) is 22.0. The lowest BCUT2D eigenvalue weighted by Crippen LogP contribution is -2.29. The molecule has 8 heteroatoms. The van der Waals surface area contributed by atoms with Gasteiger partial charge in [0.2, 0.25) is 0 Å². The molecule has 0 saturated heterocycles. The van der Waals surface area contributed by atoms with E-state index in [0.717, 1.165) is 29.8 Å². The Bertz CT molecular complexity index is 1230. The molecule has 1 amide bonds. The molecule has 4 rings (SSSR count). The first-order chi connectivity index (χ1) is 15.5. The minimum atomic E-state index is -1.46.